The average Bonchev–Trinajstić information content (AvgIpc) is 2.83. The van der Waals surface area contributed by atoms with Crippen molar-refractivity contribution in [3.63, 3.8) is 0 Å². The molecule has 1 heterocycles. The van der Waals surface area contributed by atoms with Gasteiger partial charge in [-0.1, -0.05) is 19.0 Å². The van der Waals surface area contributed by atoms with Gasteiger partial charge in [0.1, 0.15) is 0 Å². The van der Waals surface area contributed by atoms with Gasteiger partial charge in [-0.2, -0.15) is 0 Å². The predicted molar refractivity (Wildman–Crippen MR) is 71.7 cm³/mol. The van der Waals surface area contributed by atoms with E-state index >= 15 is 0 Å². The standard InChI is InChI=1S/C13H23N3O3/c1-9(2)12-7-11(19-16-12)8-14-13(18)15-10(3)5-4-6-17/h7,9-10,17H,4-6,8H2,1-3H3,(H2,14,15,18). The van der Waals surface area contributed by atoms with Gasteiger partial charge in [-0.15, -0.1) is 0 Å². The van der Waals surface area contributed by atoms with E-state index in [2.05, 4.69) is 15.8 Å². The smallest absolute Gasteiger partial charge is 0.315 e. The lowest BCUT2D eigenvalue weighted by atomic mass is 10.1. The van der Waals surface area contributed by atoms with Gasteiger partial charge in [0.05, 0.1) is 12.2 Å². The zero-order valence-electron chi connectivity index (χ0n) is 11.8. The molecule has 6 nitrogen and oxygen atoms in total. The largest absolute Gasteiger partial charge is 0.396 e. The summed E-state index contributed by atoms with van der Waals surface area (Å²) < 4.78 is 5.12. The lowest BCUT2D eigenvalue weighted by Crippen LogP contribution is -2.40. The number of urea groups is 1. The molecule has 1 aromatic rings. The first-order valence-electron chi connectivity index (χ1n) is 6.63. The Labute approximate surface area is 113 Å². The minimum Gasteiger partial charge on any atom is -0.396 e. The summed E-state index contributed by atoms with van der Waals surface area (Å²) in [7, 11) is 0. The Morgan fingerprint density at radius 1 is 1.47 bits per heavy atom. The molecular weight excluding hydrogens is 246 g/mol. The maximum absolute atomic E-state index is 11.6. The number of carbonyl (C=O) groups excluding carboxylic acids is 1. The number of nitrogens with zero attached hydrogens (tertiary/aromatic N) is 1. The lowest BCUT2D eigenvalue weighted by Gasteiger charge is -2.13. The molecule has 0 radical (unpaired) electrons. The number of aromatic nitrogens is 1. The van der Waals surface area contributed by atoms with Crippen molar-refractivity contribution >= 4 is 6.03 Å². The maximum Gasteiger partial charge on any atom is 0.315 e. The third kappa shape index (κ3) is 5.74. The first-order valence-corrected chi connectivity index (χ1v) is 6.63. The normalized spacial score (nSPS) is 12.5. The molecule has 0 aliphatic heterocycles. The highest BCUT2D eigenvalue weighted by atomic mass is 16.5. The first kappa shape index (κ1) is 15.5. The molecular formula is C13H23N3O3. The fourth-order valence-corrected chi connectivity index (χ4v) is 1.60. The fourth-order valence-electron chi connectivity index (χ4n) is 1.60. The van der Waals surface area contributed by atoms with Crippen molar-refractivity contribution in [2.45, 2.75) is 52.1 Å². The zero-order valence-corrected chi connectivity index (χ0v) is 11.8. The molecule has 1 unspecified atom stereocenters. The van der Waals surface area contributed by atoms with E-state index < -0.39 is 0 Å². The topological polar surface area (TPSA) is 87.4 Å². The van der Waals surface area contributed by atoms with Crippen molar-refractivity contribution in [1.29, 1.82) is 0 Å². The number of carbonyl (C=O) groups is 1. The van der Waals surface area contributed by atoms with Crippen molar-refractivity contribution in [1.82, 2.24) is 15.8 Å². The van der Waals surface area contributed by atoms with Crippen LogP contribution in [0.1, 0.15) is 51.0 Å². The molecule has 0 saturated heterocycles. The number of rotatable bonds is 7. The quantitative estimate of drug-likeness (QED) is 0.704. The van der Waals surface area contributed by atoms with Crippen molar-refractivity contribution < 1.29 is 14.4 Å². The van der Waals surface area contributed by atoms with Crippen LogP contribution in [0.4, 0.5) is 4.79 Å². The minimum atomic E-state index is -0.243. The Hall–Kier alpha value is -1.56. The summed E-state index contributed by atoms with van der Waals surface area (Å²) in [5.74, 6) is 0.951. The average molecular weight is 269 g/mol. The monoisotopic (exact) mass is 269 g/mol. The summed E-state index contributed by atoms with van der Waals surface area (Å²) in [5.41, 5.74) is 0.883. The van der Waals surface area contributed by atoms with Crippen LogP contribution in [0.15, 0.2) is 10.6 Å². The lowest BCUT2D eigenvalue weighted by molar-refractivity contribution is 0.232. The van der Waals surface area contributed by atoms with Crippen molar-refractivity contribution in [2.24, 2.45) is 0 Å². The number of aliphatic hydroxyl groups excluding tert-OH is 1. The van der Waals surface area contributed by atoms with E-state index in [1.807, 2.05) is 26.8 Å². The third-order valence-electron chi connectivity index (χ3n) is 2.76. The van der Waals surface area contributed by atoms with Crippen LogP contribution in [-0.2, 0) is 6.54 Å². The molecule has 0 aliphatic carbocycles. The first-order chi connectivity index (χ1) is 9.02. The second kappa shape index (κ2) is 7.78. The molecule has 0 bridgehead atoms. The summed E-state index contributed by atoms with van der Waals surface area (Å²) in [6.45, 7) is 6.43. The van der Waals surface area contributed by atoms with E-state index in [9.17, 15) is 4.79 Å². The number of amides is 2. The number of hydrogen-bond donors (Lipinski definition) is 3. The highest BCUT2D eigenvalue weighted by molar-refractivity contribution is 5.74. The van der Waals surface area contributed by atoms with Crippen LogP contribution in [0, 0.1) is 0 Å². The molecule has 0 aromatic carbocycles. The molecule has 1 atom stereocenters. The van der Waals surface area contributed by atoms with Crippen LogP contribution >= 0.6 is 0 Å². The molecule has 1 aromatic heterocycles. The SMILES string of the molecule is CC(CCCO)NC(=O)NCc1cc(C(C)C)no1. The van der Waals surface area contributed by atoms with Crippen LogP contribution in [0.3, 0.4) is 0 Å². The van der Waals surface area contributed by atoms with Gasteiger partial charge >= 0.3 is 6.03 Å². The van der Waals surface area contributed by atoms with Crippen LogP contribution in [0.25, 0.3) is 0 Å². The van der Waals surface area contributed by atoms with E-state index in [0.29, 0.717) is 24.6 Å². The number of nitrogens with one attached hydrogen (secondary N) is 2. The molecule has 6 heteroatoms. The van der Waals surface area contributed by atoms with E-state index in [-0.39, 0.29) is 18.7 Å². The van der Waals surface area contributed by atoms with E-state index in [1.54, 1.807) is 0 Å². The molecule has 0 aliphatic rings. The molecule has 108 valence electrons. The van der Waals surface area contributed by atoms with Crippen LogP contribution < -0.4 is 10.6 Å². The summed E-state index contributed by atoms with van der Waals surface area (Å²) in [6, 6.07) is 1.64. The van der Waals surface area contributed by atoms with Gasteiger partial charge < -0.3 is 20.3 Å². The molecule has 2 amide bonds. The second-order valence-corrected chi connectivity index (χ2v) is 4.97. The Balaban J connectivity index is 2.29. The number of aliphatic hydroxyl groups is 1. The minimum absolute atomic E-state index is 0.0353. The van der Waals surface area contributed by atoms with Gasteiger partial charge in [-0.25, -0.2) is 4.79 Å². The summed E-state index contributed by atoms with van der Waals surface area (Å²) >= 11 is 0. The van der Waals surface area contributed by atoms with Crippen molar-refractivity contribution in [3.05, 3.63) is 17.5 Å². The van der Waals surface area contributed by atoms with Gasteiger partial charge in [0.2, 0.25) is 0 Å². The highest BCUT2D eigenvalue weighted by Crippen LogP contribution is 2.13. The van der Waals surface area contributed by atoms with Gasteiger partial charge in [-0.05, 0) is 25.7 Å². The zero-order chi connectivity index (χ0) is 14.3. The van der Waals surface area contributed by atoms with Crippen LogP contribution in [-0.4, -0.2) is 28.9 Å². The highest BCUT2D eigenvalue weighted by Gasteiger charge is 2.10. The Morgan fingerprint density at radius 2 is 2.21 bits per heavy atom. The van der Waals surface area contributed by atoms with Gasteiger partial charge in [-0.3, -0.25) is 0 Å². The second-order valence-electron chi connectivity index (χ2n) is 4.97. The van der Waals surface area contributed by atoms with Crippen LogP contribution in [0.5, 0.6) is 0 Å². The Bertz CT molecular complexity index is 390. The van der Waals surface area contributed by atoms with Crippen molar-refractivity contribution in [3.8, 4) is 0 Å². The van der Waals surface area contributed by atoms with E-state index in [0.717, 1.165) is 12.1 Å². The molecule has 19 heavy (non-hydrogen) atoms. The Kier molecular flexibility index (Phi) is 6.35. The Morgan fingerprint density at radius 3 is 2.79 bits per heavy atom. The maximum atomic E-state index is 11.6. The van der Waals surface area contributed by atoms with E-state index in [4.69, 9.17) is 9.63 Å². The van der Waals surface area contributed by atoms with Gasteiger partial charge in [0.25, 0.3) is 0 Å². The van der Waals surface area contributed by atoms with E-state index in [1.165, 1.54) is 0 Å². The summed E-state index contributed by atoms with van der Waals surface area (Å²) in [5, 5.41) is 18.1. The third-order valence-corrected chi connectivity index (χ3v) is 2.76. The molecule has 0 spiro atoms. The molecule has 0 fully saturated rings. The fraction of sp³-hybridized carbons (Fsp3) is 0.692. The van der Waals surface area contributed by atoms with Crippen LogP contribution in [0.2, 0.25) is 0 Å². The van der Waals surface area contributed by atoms with Gasteiger partial charge in [0.15, 0.2) is 5.76 Å². The number of hydrogen-bond acceptors (Lipinski definition) is 4. The molecule has 0 saturated carbocycles. The summed E-state index contributed by atoms with van der Waals surface area (Å²) in [6.07, 6.45) is 1.44. The van der Waals surface area contributed by atoms with Gasteiger partial charge in [0, 0.05) is 18.7 Å². The molecule has 3 N–H and O–H groups in total. The van der Waals surface area contributed by atoms with Crippen molar-refractivity contribution in [2.75, 3.05) is 6.61 Å². The molecule has 1 rings (SSSR count). The predicted octanol–water partition coefficient (Wildman–Crippen LogP) is 1.76. The summed E-state index contributed by atoms with van der Waals surface area (Å²) in [4.78, 5) is 11.6.